The maximum absolute atomic E-state index is 16.9. The number of fused-ring (bicyclic) bond motifs is 6. The van der Waals surface area contributed by atoms with Gasteiger partial charge in [0.25, 0.3) is 0 Å². The van der Waals surface area contributed by atoms with Gasteiger partial charge in [0.15, 0.2) is 0 Å². The summed E-state index contributed by atoms with van der Waals surface area (Å²) in [6.07, 6.45) is -24.5. The van der Waals surface area contributed by atoms with Gasteiger partial charge in [-0.2, -0.15) is 71.1 Å². The van der Waals surface area contributed by atoms with Gasteiger partial charge in [0.1, 0.15) is 0 Å². The van der Waals surface area contributed by atoms with Crippen molar-refractivity contribution in [3.05, 3.63) is 238 Å². The van der Waals surface area contributed by atoms with Crippen LogP contribution in [0, 0.1) is 39.0 Å². The van der Waals surface area contributed by atoms with Gasteiger partial charge < -0.3 is 9.13 Å². The number of hydrogen-bond acceptors (Lipinski definition) is 1. The smallest absolute Gasteiger partial charge is 0.309 e. The van der Waals surface area contributed by atoms with E-state index in [2.05, 4.69) is 6.07 Å². The van der Waals surface area contributed by atoms with E-state index in [-0.39, 0.29) is 122 Å². The maximum Gasteiger partial charge on any atom is 0.418 e. The third-order valence-electron chi connectivity index (χ3n) is 15.7. The molecule has 0 aliphatic carbocycles. The number of alkyl halides is 15. The Bertz CT molecular complexity index is 4660. The molecule has 0 bridgehead atoms. The summed E-state index contributed by atoms with van der Waals surface area (Å²) in [5.74, 6) is 0. The summed E-state index contributed by atoms with van der Waals surface area (Å²) in [6, 6.07) is 41.4. The van der Waals surface area contributed by atoms with Crippen molar-refractivity contribution in [3.8, 4) is 73.1 Å². The van der Waals surface area contributed by atoms with Crippen LogP contribution in [0.3, 0.4) is 0 Å². The molecule has 3 nitrogen and oxygen atoms in total. The summed E-state index contributed by atoms with van der Waals surface area (Å²) >= 11 is 0. The number of hydrogen-bond donors (Lipinski definition) is 0. The van der Waals surface area contributed by atoms with E-state index >= 15 is 13.2 Å². The molecule has 0 saturated heterocycles. The Hall–Kier alpha value is -9.76. The lowest BCUT2D eigenvalue weighted by Gasteiger charge is -2.22. The molecule has 0 amide bonds. The van der Waals surface area contributed by atoms with E-state index in [1.54, 1.807) is 24.3 Å². The lowest BCUT2D eigenvalue weighted by molar-refractivity contribution is -0.138. The fraction of sp³-hybridized carbons (Fsp3) is 0.129. The van der Waals surface area contributed by atoms with Crippen molar-refractivity contribution in [1.82, 2.24) is 9.13 Å². The second-order valence-corrected chi connectivity index (χ2v) is 22.0. The normalized spacial score (nSPS) is 12.7. The molecule has 442 valence electrons. The van der Waals surface area contributed by atoms with Crippen molar-refractivity contribution in [2.24, 2.45) is 0 Å². The molecule has 0 radical (unpaired) electrons. The van der Waals surface area contributed by atoms with Crippen molar-refractivity contribution >= 4 is 43.6 Å². The predicted molar refractivity (Wildman–Crippen MR) is 311 cm³/mol. The summed E-state index contributed by atoms with van der Waals surface area (Å²) in [4.78, 5) is 0. The molecule has 2 aromatic heterocycles. The van der Waals surface area contributed by atoms with E-state index < -0.39 is 64.4 Å². The van der Waals surface area contributed by atoms with E-state index in [9.17, 15) is 57.9 Å². The van der Waals surface area contributed by atoms with Gasteiger partial charge in [-0.25, -0.2) is 0 Å². The number of aryl methyl sites for hydroxylation is 4. The summed E-state index contributed by atoms with van der Waals surface area (Å²) in [5, 5.41) is 11.6. The Labute approximate surface area is 491 Å². The van der Waals surface area contributed by atoms with Crippen molar-refractivity contribution in [2.75, 3.05) is 0 Å². The fourth-order valence-corrected chi connectivity index (χ4v) is 11.9. The zero-order valence-corrected chi connectivity index (χ0v) is 46.3. The molecule has 0 fully saturated rings. The first-order valence-corrected chi connectivity index (χ1v) is 27.0. The Kier molecular flexibility index (Phi) is 13.8. The van der Waals surface area contributed by atoms with Crippen LogP contribution < -0.4 is 0 Å². The molecule has 0 atom stereocenters. The largest absolute Gasteiger partial charge is 0.418 e. The van der Waals surface area contributed by atoms with Crippen LogP contribution in [-0.4, -0.2) is 9.13 Å². The SMILES string of the molecule is Cc1cc(-c2ccc3c4ccc(-c5cc(C)cc(C(F)(F)F)c5)cc4n(-c4cc(C(F)(F)F)c(-n5c6cc(-c7cc(C)cc(C(F)(F)F)c7)ccc6c6ccc(-c7cc(C)cc(C(F)(F)F)c7)cc65)cc4-c4cccc(C#N)c4)c3c2)cc(C(F)(F)F)c1. The van der Waals surface area contributed by atoms with Gasteiger partial charge in [-0.15, -0.1) is 0 Å². The van der Waals surface area contributed by atoms with Gasteiger partial charge in [0.05, 0.1) is 72.9 Å². The highest BCUT2D eigenvalue weighted by Crippen LogP contribution is 2.48. The van der Waals surface area contributed by atoms with Crippen LogP contribution in [0.4, 0.5) is 65.9 Å². The first-order valence-electron chi connectivity index (χ1n) is 27.0. The maximum atomic E-state index is 16.9. The molecular weight excluding hydrogens is 1170 g/mol. The first-order chi connectivity index (χ1) is 41.3. The number of aromatic nitrogens is 2. The number of benzene rings is 10. The van der Waals surface area contributed by atoms with Crippen molar-refractivity contribution in [1.29, 1.82) is 5.26 Å². The topological polar surface area (TPSA) is 33.6 Å². The predicted octanol–water partition coefficient (Wildman–Crippen LogP) is 22.4. The number of rotatable bonds is 7. The summed E-state index contributed by atoms with van der Waals surface area (Å²) in [6.45, 7) is 5.82. The molecular formula is C70H42F15N3. The van der Waals surface area contributed by atoms with Gasteiger partial charge in [-0.05, 0) is 197 Å². The van der Waals surface area contributed by atoms with Gasteiger partial charge in [0.2, 0.25) is 0 Å². The van der Waals surface area contributed by atoms with Crippen LogP contribution in [0.25, 0.3) is 111 Å². The zero-order valence-electron chi connectivity index (χ0n) is 46.3. The number of nitrogens with zero attached hydrogens (tertiary/aromatic N) is 3. The standard InChI is InChI=1S/C70H42F15N3/c1-36-16-46(25-50(20-36)66(71,72)73)41-8-12-54-55-13-9-42(47-17-37(2)21-51(26-47)67(74,75)76)30-61(55)87(60(54)29-41)64-34-59(70(83,84)85)65(33-58(64)45-7-5-6-40(24-45)35-86)88-62-31-43(48-18-38(3)22-52(27-48)68(77,78)79)10-14-56(62)57-15-11-44(32-63(57)88)49-19-39(4)23-53(28-49)69(80,81)82/h5-34H,1-4H3. The highest BCUT2D eigenvalue weighted by Gasteiger charge is 2.39. The minimum atomic E-state index is -5.33. The van der Waals surface area contributed by atoms with E-state index in [1.165, 1.54) is 140 Å². The molecule has 0 spiro atoms. The van der Waals surface area contributed by atoms with E-state index in [1.807, 2.05) is 0 Å². The van der Waals surface area contributed by atoms with E-state index in [0.717, 1.165) is 54.6 Å². The second-order valence-electron chi connectivity index (χ2n) is 22.0. The average Bonchev–Trinajstić information content (AvgIpc) is 1.56. The summed E-state index contributed by atoms with van der Waals surface area (Å²) < 4.78 is 226. The molecule has 0 unspecified atom stereocenters. The molecule has 0 aliphatic rings. The Balaban J connectivity index is 1.23. The Morgan fingerprint density at radius 1 is 0.295 bits per heavy atom. The van der Waals surface area contributed by atoms with Crippen molar-refractivity contribution < 1.29 is 65.9 Å². The van der Waals surface area contributed by atoms with Crippen LogP contribution in [0.15, 0.2) is 182 Å². The molecule has 12 rings (SSSR count). The lowest BCUT2D eigenvalue weighted by atomic mass is 9.96. The molecule has 0 N–H and O–H groups in total. The Morgan fingerprint density at radius 3 is 0.909 bits per heavy atom. The molecule has 2 heterocycles. The van der Waals surface area contributed by atoms with Gasteiger partial charge in [-0.1, -0.05) is 84.9 Å². The second kappa shape index (κ2) is 20.7. The molecule has 88 heavy (non-hydrogen) atoms. The van der Waals surface area contributed by atoms with Gasteiger partial charge in [0, 0.05) is 27.1 Å². The first kappa shape index (κ1) is 58.6. The van der Waals surface area contributed by atoms with Crippen LogP contribution in [0.1, 0.15) is 55.6 Å². The minimum Gasteiger partial charge on any atom is -0.309 e. The van der Waals surface area contributed by atoms with Crippen LogP contribution in [0.5, 0.6) is 0 Å². The zero-order chi connectivity index (χ0) is 62.9. The van der Waals surface area contributed by atoms with Crippen LogP contribution in [0.2, 0.25) is 0 Å². The number of nitriles is 1. The van der Waals surface area contributed by atoms with Gasteiger partial charge >= 0.3 is 30.9 Å². The van der Waals surface area contributed by atoms with Crippen LogP contribution >= 0.6 is 0 Å². The quantitative estimate of drug-likeness (QED) is 0.146. The van der Waals surface area contributed by atoms with Gasteiger partial charge in [-0.3, -0.25) is 0 Å². The number of halogens is 15. The molecule has 12 aromatic rings. The molecule has 0 saturated carbocycles. The fourth-order valence-electron chi connectivity index (χ4n) is 11.9. The third kappa shape index (κ3) is 10.8. The van der Waals surface area contributed by atoms with Crippen molar-refractivity contribution in [3.63, 3.8) is 0 Å². The molecule has 0 aliphatic heterocycles. The summed E-state index contributed by atoms with van der Waals surface area (Å²) in [7, 11) is 0. The molecule has 10 aromatic carbocycles. The monoisotopic (exact) mass is 1210 g/mol. The minimum absolute atomic E-state index is 0.0103. The van der Waals surface area contributed by atoms with Crippen molar-refractivity contribution in [2.45, 2.75) is 58.6 Å². The average molecular weight is 1210 g/mol. The highest BCUT2D eigenvalue weighted by molar-refractivity contribution is 6.13. The lowest BCUT2D eigenvalue weighted by Crippen LogP contribution is -2.13. The summed E-state index contributed by atoms with van der Waals surface area (Å²) in [5.41, 5.74) is -3.75. The van der Waals surface area contributed by atoms with E-state index in [4.69, 9.17) is 0 Å². The highest BCUT2D eigenvalue weighted by atomic mass is 19.4. The molecule has 18 heteroatoms. The third-order valence-corrected chi connectivity index (χ3v) is 15.7. The van der Waals surface area contributed by atoms with Crippen LogP contribution in [-0.2, 0) is 30.9 Å². The Morgan fingerprint density at radius 2 is 0.614 bits per heavy atom. The van der Waals surface area contributed by atoms with E-state index in [0.29, 0.717) is 10.8 Å².